The first-order chi connectivity index (χ1) is 16.6. The number of likely N-dealkylation sites (N-methyl/N-ethyl adjacent to an activating group) is 1. The van der Waals surface area contributed by atoms with Crippen molar-refractivity contribution in [2.24, 2.45) is 0 Å². The molecule has 0 spiro atoms. The van der Waals surface area contributed by atoms with Gasteiger partial charge in [-0.3, -0.25) is 4.57 Å². The Bertz CT molecular complexity index is 1390. The van der Waals surface area contributed by atoms with Gasteiger partial charge in [0.1, 0.15) is 0 Å². The summed E-state index contributed by atoms with van der Waals surface area (Å²) in [6.07, 6.45) is 8.63. The lowest BCUT2D eigenvalue weighted by molar-refractivity contribution is 0.258. The van der Waals surface area contributed by atoms with Crippen LogP contribution in [-0.4, -0.2) is 52.2 Å². The van der Waals surface area contributed by atoms with Gasteiger partial charge < -0.3 is 14.4 Å². The van der Waals surface area contributed by atoms with Crippen LogP contribution in [0.3, 0.4) is 0 Å². The maximum absolute atomic E-state index is 9.13. The lowest BCUT2D eigenvalue weighted by atomic mass is 10.0. The monoisotopic (exact) mass is 448 g/mol. The lowest BCUT2D eigenvalue weighted by Gasteiger charge is -2.37. The molecule has 1 unspecified atom stereocenters. The largest absolute Gasteiger partial charge is 0.370 e. The van der Waals surface area contributed by atoms with Crippen molar-refractivity contribution < 1.29 is 0 Å². The highest BCUT2D eigenvalue weighted by atomic mass is 15.2. The number of aromatic nitrogens is 3. The average molecular weight is 449 g/mol. The van der Waals surface area contributed by atoms with E-state index in [2.05, 4.69) is 75.8 Å². The summed E-state index contributed by atoms with van der Waals surface area (Å²) in [5.41, 5.74) is 7.82. The highest BCUT2D eigenvalue weighted by Crippen LogP contribution is 2.35. The summed E-state index contributed by atoms with van der Waals surface area (Å²) in [6, 6.07) is 19.7. The fourth-order valence-electron chi connectivity index (χ4n) is 5.34. The Morgan fingerprint density at radius 2 is 1.91 bits per heavy atom. The molecule has 170 valence electrons. The maximum atomic E-state index is 9.13. The number of benzene rings is 2. The summed E-state index contributed by atoms with van der Waals surface area (Å²) in [4.78, 5) is 9.60. The minimum Gasteiger partial charge on any atom is -0.370 e. The molecule has 1 saturated heterocycles. The third-order valence-electron chi connectivity index (χ3n) is 7.27. The van der Waals surface area contributed by atoms with E-state index in [4.69, 9.17) is 10.2 Å². The zero-order chi connectivity index (χ0) is 23.2. The molecule has 4 aromatic rings. The number of fused-ring (bicyclic) bond motifs is 5. The molecule has 2 aliphatic rings. The van der Waals surface area contributed by atoms with Crippen LogP contribution in [-0.2, 0) is 6.54 Å². The minimum absolute atomic E-state index is 0.596. The van der Waals surface area contributed by atoms with Gasteiger partial charge in [-0.1, -0.05) is 12.1 Å². The molecular weight excluding hydrogens is 420 g/mol. The topological polar surface area (TPSA) is 53.0 Å². The second kappa shape index (κ2) is 8.19. The highest BCUT2D eigenvalue weighted by Gasteiger charge is 2.25. The fourth-order valence-corrected chi connectivity index (χ4v) is 5.34. The van der Waals surface area contributed by atoms with Crippen LogP contribution in [0.25, 0.3) is 28.3 Å². The molecule has 2 aliphatic heterocycles. The average Bonchev–Trinajstić information content (AvgIpc) is 3.49. The Labute approximate surface area is 200 Å². The molecule has 1 atom stereocenters. The van der Waals surface area contributed by atoms with Crippen LogP contribution < -0.4 is 4.90 Å². The van der Waals surface area contributed by atoms with Gasteiger partial charge >= 0.3 is 0 Å². The summed E-state index contributed by atoms with van der Waals surface area (Å²) in [5, 5.41) is 9.13. The van der Waals surface area contributed by atoms with Crippen molar-refractivity contribution in [3.05, 3.63) is 78.2 Å². The van der Waals surface area contributed by atoms with Gasteiger partial charge in [-0.2, -0.15) is 5.26 Å². The van der Waals surface area contributed by atoms with Gasteiger partial charge in [0, 0.05) is 55.5 Å². The van der Waals surface area contributed by atoms with E-state index in [1.165, 1.54) is 29.8 Å². The van der Waals surface area contributed by atoms with Gasteiger partial charge in [-0.05, 0) is 74.5 Å². The molecule has 0 bridgehead atoms. The number of nitrogens with zero attached hydrogens (tertiary/aromatic N) is 6. The number of hydrogen-bond acceptors (Lipinski definition) is 4. The van der Waals surface area contributed by atoms with Crippen LogP contribution in [0.15, 0.2) is 67.1 Å². The number of rotatable bonds is 3. The maximum Gasteiger partial charge on any atom is 0.161 e. The van der Waals surface area contributed by atoms with Gasteiger partial charge in [0.15, 0.2) is 5.82 Å². The van der Waals surface area contributed by atoms with Crippen molar-refractivity contribution in [2.45, 2.75) is 25.4 Å². The molecule has 0 N–H and O–H groups in total. The Morgan fingerprint density at radius 1 is 1.06 bits per heavy atom. The third-order valence-corrected chi connectivity index (χ3v) is 7.27. The highest BCUT2D eigenvalue weighted by molar-refractivity contribution is 5.72. The molecule has 2 aromatic carbocycles. The standard InChI is InChI=1S/C28H28N6/c1-31(2)25-4-3-12-32(19-25)24-9-10-26-23(14-24)18-33-17-22(21-7-5-20(16-29)6-8-21)15-27(33)28-30-11-13-34(26)28/h5-11,13-15,17,25H,3-4,12,18-19H2,1-2H3. The van der Waals surface area contributed by atoms with Crippen LogP contribution in [0.2, 0.25) is 0 Å². The van der Waals surface area contributed by atoms with Gasteiger partial charge in [-0.25, -0.2) is 4.98 Å². The molecule has 6 heteroatoms. The lowest BCUT2D eigenvalue weighted by Crippen LogP contribution is -2.45. The van der Waals surface area contributed by atoms with E-state index < -0.39 is 0 Å². The summed E-state index contributed by atoms with van der Waals surface area (Å²) >= 11 is 0. The van der Waals surface area contributed by atoms with E-state index in [0.29, 0.717) is 11.6 Å². The zero-order valence-corrected chi connectivity index (χ0v) is 19.6. The van der Waals surface area contributed by atoms with E-state index in [1.54, 1.807) is 0 Å². The molecule has 34 heavy (non-hydrogen) atoms. The quantitative estimate of drug-likeness (QED) is 0.399. The molecular formula is C28H28N6. The molecule has 4 heterocycles. The number of hydrogen-bond donors (Lipinski definition) is 0. The minimum atomic E-state index is 0.596. The first-order valence-electron chi connectivity index (χ1n) is 11.9. The van der Waals surface area contributed by atoms with Crippen LogP contribution >= 0.6 is 0 Å². The second-order valence-electron chi connectivity index (χ2n) is 9.57. The number of imidazole rings is 1. The molecule has 0 amide bonds. The predicted molar refractivity (Wildman–Crippen MR) is 135 cm³/mol. The number of piperidine rings is 1. The van der Waals surface area contributed by atoms with E-state index in [-0.39, 0.29) is 0 Å². The van der Waals surface area contributed by atoms with E-state index in [9.17, 15) is 0 Å². The molecule has 6 rings (SSSR count). The van der Waals surface area contributed by atoms with Crippen molar-refractivity contribution in [3.8, 4) is 34.4 Å². The Balaban J connectivity index is 1.39. The first-order valence-corrected chi connectivity index (χ1v) is 11.9. The molecule has 1 fully saturated rings. The Hall–Kier alpha value is -3.82. The molecule has 6 nitrogen and oxygen atoms in total. The SMILES string of the molecule is CN(C)C1CCCN(c2ccc3c(c2)Cn2cc(-c4ccc(C#N)cc4)cc2-c2nccn2-3)C1. The molecule has 0 saturated carbocycles. The number of anilines is 1. The van der Waals surface area contributed by atoms with Crippen molar-refractivity contribution in [1.29, 1.82) is 5.26 Å². The Kier molecular flexibility index (Phi) is 5.00. The smallest absolute Gasteiger partial charge is 0.161 e. The van der Waals surface area contributed by atoms with E-state index in [1.807, 2.05) is 30.5 Å². The number of nitriles is 1. The van der Waals surface area contributed by atoms with Gasteiger partial charge in [0.2, 0.25) is 0 Å². The van der Waals surface area contributed by atoms with Crippen LogP contribution in [0.5, 0.6) is 0 Å². The fraction of sp³-hybridized carbons (Fsp3) is 0.286. The Morgan fingerprint density at radius 3 is 2.71 bits per heavy atom. The molecule has 2 aromatic heterocycles. The van der Waals surface area contributed by atoms with Crippen LogP contribution in [0.4, 0.5) is 5.69 Å². The van der Waals surface area contributed by atoms with Gasteiger partial charge in [0.25, 0.3) is 0 Å². The third kappa shape index (κ3) is 3.49. The van der Waals surface area contributed by atoms with Gasteiger partial charge in [0.05, 0.1) is 23.0 Å². The van der Waals surface area contributed by atoms with E-state index >= 15 is 0 Å². The molecule has 0 aliphatic carbocycles. The van der Waals surface area contributed by atoms with Crippen LogP contribution in [0.1, 0.15) is 24.0 Å². The molecule has 0 radical (unpaired) electrons. The van der Waals surface area contributed by atoms with Crippen molar-refractivity contribution >= 4 is 5.69 Å². The summed E-state index contributed by atoms with van der Waals surface area (Å²) in [6.45, 7) is 2.97. The second-order valence-corrected chi connectivity index (χ2v) is 9.57. The normalized spacial score (nSPS) is 17.0. The van der Waals surface area contributed by atoms with Crippen molar-refractivity contribution in [2.75, 3.05) is 32.1 Å². The summed E-state index contributed by atoms with van der Waals surface area (Å²) < 4.78 is 4.51. The van der Waals surface area contributed by atoms with Crippen LogP contribution in [0, 0.1) is 11.3 Å². The van der Waals surface area contributed by atoms with Gasteiger partial charge in [-0.15, -0.1) is 0 Å². The van der Waals surface area contributed by atoms with Crippen molar-refractivity contribution in [3.63, 3.8) is 0 Å². The summed E-state index contributed by atoms with van der Waals surface area (Å²) in [7, 11) is 4.37. The predicted octanol–water partition coefficient (Wildman–Crippen LogP) is 4.77. The zero-order valence-electron chi connectivity index (χ0n) is 19.6. The summed E-state index contributed by atoms with van der Waals surface area (Å²) in [5.74, 6) is 0.956. The van der Waals surface area contributed by atoms with E-state index in [0.717, 1.165) is 42.3 Å². The first kappa shape index (κ1) is 20.8. The van der Waals surface area contributed by atoms with Crippen molar-refractivity contribution in [1.82, 2.24) is 19.0 Å².